The number of hydroxylamine groups is 1. The summed E-state index contributed by atoms with van der Waals surface area (Å²) < 4.78 is 4.97. The summed E-state index contributed by atoms with van der Waals surface area (Å²) in [4.78, 5) is 31.6. The van der Waals surface area contributed by atoms with Gasteiger partial charge < -0.3 is 10.1 Å². The maximum Gasteiger partial charge on any atom is 0.431 e. The van der Waals surface area contributed by atoms with Gasteiger partial charge in [0.2, 0.25) is 5.91 Å². The van der Waals surface area contributed by atoms with Crippen molar-refractivity contribution in [1.82, 2.24) is 15.8 Å². The number of hydrogen-bond acceptors (Lipinski definition) is 5. The zero-order valence-electron chi connectivity index (χ0n) is 13.0. The minimum Gasteiger partial charge on any atom is -0.442 e. The zero-order chi connectivity index (χ0) is 16.4. The highest BCUT2D eigenvalue weighted by Gasteiger charge is 2.15. The molecule has 0 radical (unpaired) electrons. The normalized spacial score (nSPS) is 11.2. The number of carbonyl (C=O) groups excluding carboxylic acids is 2. The molecule has 0 aromatic carbocycles. The van der Waals surface area contributed by atoms with E-state index in [1.165, 1.54) is 6.08 Å². The highest BCUT2D eigenvalue weighted by molar-refractivity contribution is 5.91. The Hall–Kier alpha value is -2.41. The first-order chi connectivity index (χ1) is 10.4. The average molecular weight is 307 g/mol. The number of amides is 2. The quantitative estimate of drug-likeness (QED) is 0.474. The van der Waals surface area contributed by atoms with Crippen LogP contribution in [0.15, 0.2) is 30.6 Å². The van der Waals surface area contributed by atoms with Crippen LogP contribution in [-0.4, -0.2) is 35.7 Å². The van der Waals surface area contributed by atoms with E-state index < -0.39 is 11.7 Å². The van der Waals surface area contributed by atoms with Gasteiger partial charge in [0.15, 0.2) is 0 Å². The fourth-order valence-corrected chi connectivity index (χ4v) is 1.34. The Balaban J connectivity index is 2.13. The van der Waals surface area contributed by atoms with Gasteiger partial charge in [-0.05, 0) is 38.5 Å². The summed E-state index contributed by atoms with van der Waals surface area (Å²) in [5.74, 6) is -0.260. The van der Waals surface area contributed by atoms with Gasteiger partial charge in [0.1, 0.15) is 5.60 Å². The maximum absolute atomic E-state index is 11.5. The first-order valence-electron chi connectivity index (χ1n) is 6.83. The summed E-state index contributed by atoms with van der Waals surface area (Å²) in [6.45, 7) is 5.64. The van der Waals surface area contributed by atoms with E-state index in [1.54, 1.807) is 45.3 Å². The number of carbonyl (C=O) groups is 2. The molecule has 0 aliphatic carbocycles. The molecule has 0 saturated carbocycles. The van der Waals surface area contributed by atoms with Crippen LogP contribution in [-0.2, 0) is 14.4 Å². The fraction of sp³-hybridized carbons (Fsp3) is 0.400. The second-order valence-electron chi connectivity index (χ2n) is 5.36. The fourth-order valence-electron chi connectivity index (χ4n) is 1.34. The summed E-state index contributed by atoms with van der Waals surface area (Å²) >= 11 is 0. The Kier molecular flexibility index (Phi) is 7.04. The lowest BCUT2D eigenvalue weighted by Crippen LogP contribution is -2.34. The van der Waals surface area contributed by atoms with Gasteiger partial charge in [-0.15, -0.1) is 0 Å². The summed E-state index contributed by atoms with van der Waals surface area (Å²) in [6.07, 6.45) is 5.69. The molecule has 0 atom stereocenters. The first-order valence-corrected chi connectivity index (χ1v) is 6.83. The molecular weight excluding hydrogens is 286 g/mol. The SMILES string of the molecule is CC(C)(C)OC(=O)NOCCNC(=O)/C=C/c1cccnc1. The predicted molar refractivity (Wildman–Crippen MR) is 81.6 cm³/mol. The molecule has 2 N–H and O–H groups in total. The van der Waals surface area contributed by atoms with Crippen molar-refractivity contribution in [3.8, 4) is 0 Å². The summed E-state index contributed by atoms with van der Waals surface area (Å²) in [7, 11) is 0. The number of nitrogens with zero attached hydrogens (tertiary/aromatic N) is 1. The van der Waals surface area contributed by atoms with Gasteiger partial charge in [0.05, 0.1) is 6.61 Å². The third-order valence-corrected chi connectivity index (χ3v) is 2.17. The van der Waals surface area contributed by atoms with Crippen molar-refractivity contribution in [3.05, 3.63) is 36.2 Å². The minimum atomic E-state index is -0.671. The molecule has 0 aliphatic rings. The van der Waals surface area contributed by atoms with Gasteiger partial charge in [-0.1, -0.05) is 6.07 Å². The Morgan fingerprint density at radius 2 is 2.14 bits per heavy atom. The number of pyridine rings is 1. The Bertz CT molecular complexity index is 509. The molecule has 7 heteroatoms. The van der Waals surface area contributed by atoms with Crippen LogP contribution in [0.2, 0.25) is 0 Å². The zero-order valence-corrected chi connectivity index (χ0v) is 13.0. The summed E-state index contributed by atoms with van der Waals surface area (Å²) in [5.41, 5.74) is 2.38. The third-order valence-electron chi connectivity index (χ3n) is 2.17. The molecule has 0 unspecified atom stereocenters. The van der Waals surface area contributed by atoms with Crippen LogP contribution in [0.4, 0.5) is 4.79 Å². The average Bonchev–Trinajstić information content (AvgIpc) is 2.44. The lowest BCUT2D eigenvalue weighted by Gasteiger charge is -2.19. The third kappa shape index (κ3) is 8.70. The molecule has 1 heterocycles. The van der Waals surface area contributed by atoms with Crippen molar-refractivity contribution in [2.45, 2.75) is 26.4 Å². The van der Waals surface area contributed by atoms with E-state index >= 15 is 0 Å². The van der Waals surface area contributed by atoms with E-state index in [9.17, 15) is 9.59 Å². The monoisotopic (exact) mass is 307 g/mol. The van der Waals surface area contributed by atoms with Crippen molar-refractivity contribution in [3.63, 3.8) is 0 Å². The van der Waals surface area contributed by atoms with Crippen molar-refractivity contribution < 1.29 is 19.2 Å². The smallest absolute Gasteiger partial charge is 0.431 e. The maximum atomic E-state index is 11.5. The van der Waals surface area contributed by atoms with Crippen LogP contribution in [0.25, 0.3) is 6.08 Å². The van der Waals surface area contributed by atoms with Crippen molar-refractivity contribution in [2.24, 2.45) is 0 Å². The van der Waals surface area contributed by atoms with Crippen LogP contribution >= 0.6 is 0 Å². The van der Waals surface area contributed by atoms with E-state index in [0.29, 0.717) is 0 Å². The van der Waals surface area contributed by atoms with Gasteiger partial charge in [-0.25, -0.2) is 4.79 Å². The van der Waals surface area contributed by atoms with Crippen LogP contribution in [0.1, 0.15) is 26.3 Å². The van der Waals surface area contributed by atoms with E-state index in [0.717, 1.165) is 5.56 Å². The topological polar surface area (TPSA) is 89.5 Å². The Labute approximate surface area is 129 Å². The molecule has 1 aromatic heterocycles. The van der Waals surface area contributed by atoms with Gasteiger partial charge in [-0.2, -0.15) is 5.48 Å². The van der Waals surface area contributed by atoms with Crippen LogP contribution < -0.4 is 10.8 Å². The van der Waals surface area contributed by atoms with E-state index in [4.69, 9.17) is 9.57 Å². The van der Waals surface area contributed by atoms with E-state index in [2.05, 4.69) is 15.8 Å². The van der Waals surface area contributed by atoms with Gasteiger partial charge in [0, 0.05) is 25.0 Å². The summed E-state index contributed by atoms with van der Waals surface area (Å²) in [5, 5.41) is 2.61. The molecule has 0 spiro atoms. The molecule has 7 nitrogen and oxygen atoms in total. The second kappa shape index (κ2) is 8.78. The van der Waals surface area contributed by atoms with E-state index in [1.807, 2.05) is 6.07 Å². The van der Waals surface area contributed by atoms with Crippen molar-refractivity contribution in [1.29, 1.82) is 0 Å². The number of hydrogen-bond donors (Lipinski definition) is 2. The number of rotatable bonds is 6. The number of ether oxygens (including phenoxy) is 1. The molecule has 1 rings (SSSR count). The molecule has 22 heavy (non-hydrogen) atoms. The molecular formula is C15H21N3O4. The summed E-state index contributed by atoms with van der Waals surface area (Å²) in [6, 6.07) is 3.62. The molecule has 120 valence electrons. The molecule has 0 bridgehead atoms. The van der Waals surface area contributed by atoms with E-state index in [-0.39, 0.29) is 19.1 Å². The highest BCUT2D eigenvalue weighted by atomic mass is 16.7. The lowest BCUT2D eigenvalue weighted by atomic mass is 10.2. The van der Waals surface area contributed by atoms with Gasteiger partial charge >= 0.3 is 6.09 Å². The minimum absolute atomic E-state index is 0.131. The standard InChI is InChI=1S/C15H21N3O4/c1-15(2,3)22-14(20)18-21-10-9-17-13(19)7-6-12-5-4-8-16-11-12/h4-8,11H,9-10H2,1-3H3,(H,17,19)(H,18,20)/b7-6+. The largest absolute Gasteiger partial charge is 0.442 e. The second-order valence-corrected chi connectivity index (χ2v) is 5.36. The highest BCUT2D eigenvalue weighted by Crippen LogP contribution is 2.06. The Morgan fingerprint density at radius 1 is 1.36 bits per heavy atom. The molecule has 1 aromatic rings. The predicted octanol–water partition coefficient (Wildman–Crippen LogP) is 1.67. The molecule has 0 saturated heterocycles. The molecule has 0 aliphatic heterocycles. The van der Waals surface area contributed by atoms with Crippen LogP contribution in [0.5, 0.6) is 0 Å². The van der Waals surface area contributed by atoms with Crippen molar-refractivity contribution in [2.75, 3.05) is 13.2 Å². The number of nitrogens with one attached hydrogen (secondary N) is 2. The van der Waals surface area contributed by atoms with Gasteiger partial charge in [0.25, 0.3) is 0 Å². The number of aromatic nitrogens is 1. The molecule has 2 amide bonds. The Morgan fingerprint density at radius 3 is 2.77 bits per heavy atom. The lowest BCUT2D eigenvalue weighted by molar-refractivity contribution is -0.116. The molecule has 0 fully saturated rings. The van der Waals surface area contributed by atoms with Crippen LogP contribution in [0, 0.1) is 0 Å². The van der Waals surface area contributed by atoms with Crippen molar-refractivity contribution >= 4 is 18.1 Å². The van der Waals surface area contributed by atoms with Gasteiger partial charge in [-0.3, -0.25) is 14.6 Å². The first kappa shape index (κ1) is 17.6. The van der Waals surface area contributed by atoms with Crippen LogP contribution in [0.3, 0.4) is 0 Å².